The molecular formula is C6H14AlCl2-. The highest BCUT2D eigenvalue weighted by Gasteiger charge is 2.19. The molecule has 0 N–H and O–H groups in total. The second kappa shape index (κ2) is 4.86. The predicted molar refractivity (Wildman–Crippen MR) is 47.7 cm³/mol. The molecule has 0 saturated heterocycles. The van der Waals surface area contributed by atoms with Crippen molar-refractivity contribution < 1.29 is 0 Å². The molecule has 9 heavy (non-hydrogen) atoms. The minimum atomic E-state index is -2.01. The number of hydrogen-bond donors (Lipinski definition) is 0. The monoisotopic (exact) mass is 183 g/mol. The van der Waals surface area contributed by atoms with E-state index in [1.165, 1.54) is 12.8 Å². The third kappa shape index (κ3) is 5.55. The zero-order valence-electron chi connectivity index (χ0n) is 6.16. The van der Waals surface area contributed by atoms with Crippen molar-refractivity contribution in [3.8, 4) is 0 Å². The van der Waals surface area contributed by atoms with Gasteiger partial charge in [0.1, 0.15) is 0 Å². The maximum atomic E-state index is 6.03. The van der Waals surface area contributed by atoms with Gasteiger partial charge in [-0.05, 0) is 0 Å². The lowest BCUT2D eigenvalue weighted by atomic mass is 10.4. The van der Waals surface area contributed by atoms with Crippen molar-refractivity contribution in [3.63, 3.8) is 0 Å². The molecule has 0 aliphatic heterocycles. The summed E-state index contributed by atoms with van der Waals surface area (Å²) in [5.41, 5.74) is 0. The molecule has 0 amide bonds. The molecule has 0 aliphatic rings. The van der Waals surface area contributed by atoms with E-state index in [0.717, 1.165) is 10.6 Å². The Morgan fingerprint density at radius 1 is 1.22 bits per heavy atom. The Hall–Kier alpha value is 1.11. The van der Waals surface area contributed by atoms with Gasteiger partial charge in [-0.25, -0.2) is 0 Å². The Morgan fingerprint density at radius 3 is 2.11 bits per heavy atom. The summed E-state index contributed by atoms with van der Waals surface area (Å²) in [5, 5.41) is 2.10. The van der Waals surface area contributed by atoms with Crippen LogP contribution in [0, 0.1) is 0 Å². The average molecular weight is 184 g/mol. The van der Waals surface area contributed by atoms with Crippen LogP contribution in [0.5, 0.6) is 0 Å². The van der Waals surface area contributed by atoms with Gasteiger partial charge in [0.05, 0.1) is 0 Å². The summed E-state index contributed by atoms with van der Waals surface area (Å²) in [6, 6.07) is 0. The van der Waals surface area contributed by atoms with Crippen LogP contribution in [-0.4, -0.2) is 11.2 Å². The molecule has 0 atom stereocenters. The van der Waals surface area contributed by atoms with Crippen LogP contribution in [0.15, 0.2) is 0 Å². The van der Waals surface area contributed by atoms with Crippen LogP contribution >= 0.6 is 20.1 Å². The minimum Gasteiger partial charge on any atom is -0.423 e. The Kier molecular flexibility index (Phi) is 5.46. The fourth-order valence-electron chi connectivity index (χ4n) is 0.707. The van der Waals surface area contributed by atoms with Crippen molar-refractivity contribution in [2.45, 2.75) is 37.3 Å². The van der Waals surface area contributed by atoms with Gasteiger partial charge in [-0.1, -0.05) is 26.7 Å². The van der Waals surface area contributed by atoms with E-state index in [-0.39, 0.29) is 0 Å². The van der Waals surface area contributed by atoms with E-state index in [2.05, 4.69) is 13.8 Å². The second-order valence-corrected chi connectivity index (χ2v) is 11.6. The van der Waals surface area contributed by atoms with Crippen LogP contribution in [0.2, 0.25) is 10.6 Å². The molecule has 0 spiro atoms. The van der Waals surface area contributed by atoms with Crippen molar-refractivity contribution in [3.05, 3.63) is 0 Å². The normalized spacial score (nSPS) is 12.0. The lowest BCUT2D eigenvalue weighted by Gasteiger charge is -2.18. The third-order valence-corrected chi connectivity index (χ3v) is 7.19. The minimum absolute atomic E-state index is 1.01. The number of hydrogen-bond acceptors (Lipinski definition) is 0. The first-order valence-corrected chi connectivity index (χ1v) is 8.79. The lowest BCUT2D eigenvalue weighted by Crippen LogP contribution is -2.15. The Labute approximate surface area is 68.6 Å². The highest BCUT2D eigenvalue weighted by molar-refractivity contribution is 7.45. The van der Waals surface area contributed by atoms with Crippen LogP contribution in [0.25, 0.3) is 0 Å². The van der Waals surface area contributed by atoms with Gasteiger partial charge in [0.15, 0.2) is 0 Å². The first kappa shape index (κ1) is 10.1. The van der Waals surface area contributed by atoms with E-state index < -0.39 is 11.2 Å². The molecule has 3 heteroatoms. The third-order valence-electron chi connectivity index (χ3n) is 1.58. The topological polar surface area (TPSA) is 0 Å². The fraction of sp³-hybridized carbons (Fsp3) is 1.00. The van der Waals surface area contributed by atoms with Crippen LogP contribution in [0.4, 0.5) is 0 Å². The van der Waals surface area contributed by atoms with E-state index in [1.54, 1.807) is 0 Å². The fourth-order valence-corrected chi connectivity index (χ4v) is 3.05. The SMILES string of the molecule is CCC[CH2][Al-]([Cl])([Cl])[CH2]C. The first-order valence-electron chi connectivity index (χ1n) is 3.67. The highest BCUT2D eigenvalue weighted by Crippen LogP contribution is 2.26. The summed E-state index contributed by atoms with van der Waals surface area (Å²) in [6.07, 6.45) is 2.41. The van der Waals surface area contributed by atoms with Gasteiger partial charge in [-0.2, -0.15) is 10.6 Å². The molecule has 0 fully saturated rings. The summed E-state index contributed by atoms with van der Waals surface area (Å²) in [6.45, 7) is 4.25. The van der Waals surface area contributed by atoms with Gasteiger partial charge in [0.25, 0.3) is 0 Å². The molecule has 0 aromatic carbocycles. The quantitative estimate of drug-likeness (QED) is 0.584. The molecule has 0 bridgehead atoms. The highest BCUT2D eigenvalue weighted by atomic mass is 35.7. The maximum Gasteiger partial charge on any atom is 0.343 e. The largest absolute Gasteiger partial charge is 0.423 e. The molecular weight excluding hydrogens is 170 g/mol. The van der Waals surface area contributed by atoms with Crippen LogP contribution in [0.1, 0.15) is 26.7 Å². The zero-order chi connectivity index (χ0) is 7.33. The van der Waals surface area contributed by atoms with Crippen molar-refractivity contribution in [1.82, 2.24) is 0 Å². The molecule has 0 aromatic heterocycles. The van der Waals surface area contributed by atoms with Crippen molar-refractivity contribution in [1.29, 1.82) is 0 Å². The maximum absolute atomic E-state index is 6.03. The molecule has 0 aliphatic carbocycles. The first-order chi connectivity index (χ1) is 4.12. The van der Waals surface area contributed by atoms with Crippen molar-refractivity contribution in [2.75, 3.05) is 0 Å². The Bertz CT molecular complexity index is 73.5. The zero-order valence-corrected chi connectivity index (χ0v) is 8.83. The molecule has 0 heterocycles. The molecule has 0 rings (SSSR count). The predicted octanol–water partition coefficient (Wildman–Crippen LogP) is 3.73. The van der Waals surface area contributed by atoms with Crippen LogP contribution < -0.4 is 0 Å². The van der Waals surface area contributed by atoms with Crippen LogP contribution in [0.3, 0.4) is 0 Å². The van der Waals surface area contributed by atoms with E-state index in [1.807, 2.05) is 0 Å². The summed E-state index contributed by atoms with van der Waals surface area (Å²) in [4.78, 5) is 0. The van der Waals surface area contributed by atoms with Gasteiger partial charge < -0.3 is 20.1 Å². The average Bonchev–Trinajstić information content (AvgIpc) is 1.84. The van der Waals surface area contributed by atoms with E-state index in [4.69, 9.17) is 20.1 Å². The molecule has 0 nitrogen and oxygen atoms in total. The van der Waals surface area contributed by atoms with E-state index >= 15 is 0 Å². The van der Waals surface area contributed by atoms with Crippen LogP contribution in [-0.2, 0) is 0 Å². The smallest absolute Gasteiger partial charge is 0.343 e. The van der Waals surface area contributed by atoms with Gasteiger partial charge in [0.2, 0.25) is 0 Å². The van der Waals surface area contributed by atoms with E-state index in [9.17, 15) is 0 Å². The Morgan fingerprint density at radius 2 is 1.78 bits per heavy atom. The van der Waals surface area contributed by atoms with Crippen molar-refractivity contribution in [2.24, 2.45) is 0 Å². The Balaban J connectivity index is 3.33. The number of halogens is 2. The van der Waals surface area contributed by atoms with E-state index in [0.29, 0.717) is 0 Å². The molecule has 0 radical (unpaired) electrons. The van der Waals surface area contributed by atoms with Gasteiger partial charge >= 0.3 is 11.2 Å². The van der Waals surface area contributed by atoms with Gasteiger partial charge in [-0.3, -0.25) is 0 Å². The molecule has 0 unspecified atom stereocenters. The number of unbranched alkanes of at least 4 members (excludes halogenated alkanes) is 1. The molecule has 0 saturated carbocycles. The summed E-state index contributed by atoms with van der Waals surface area (Å²) < 4.78 is 0. The summed E-state index contributed by atoms with van der Waals surface area (Å²) in [5.74, 6) is 0. The van der Waals surface area contributed by atoms with Gasteiger partial charge in [-0.15, -0.1) is 0 Å². The number of rotatable bonds is 4. The standard InChI is InChI=1S/C4H9.C2H5.Al.2ClH/c1-3-4-2;1-2;;;/h1,3-4H2,2H3;1H2,2H3;;2*1H/q;;+1;;/p-2. The molecule has 0 aromatic rings. The summed E-state index contributed by atoms with van der Waals surface area (Å²) in [7, 11) is 12.1. The van der Waals surface area contributed by atoms with Gasteiger partial charge in [0, 0.05) is 0 Å². The van der Waals surface area contributed by atoms with Crippen molar-refractivity contribution >= 4 is 31.3 Å². The lowest BCUT2D eigenvalue weighted by molar-refractivity contribution is 0.873. The second-order valence-electron chi connectivity index (χ2n) is 2.54. The molecule has 56 valence electrons. The summed E-state index contributed by atoms with van der Waals surface area (Å²) >= 11 is -2.01.